The lowest BCUT2D eigenvalue weighted by Crippen LogP contribution is -2.36. The normalized spacial score (nSPS) is 23.3. The highest BCUT2D eigenvalue weighted by Gasteiger charge is 2.28. The van der Waals surface area contributed by atoms with Gasteiger partial charge >= 0.3 is 0 Å². The van der Waals surface area contributed by atoms with Crippen LogP contribution in [0.3, 0.4) is 0 Å². The van der Waals surface area contributed by atoms with E-state index in [9.17, 15) is 0 Å². The van der Waals surface area contributed by atoms with Gasteiger partial charge in [-0.25, -0.2) is 0 Å². The second-order valence-electron chi connectivity index (χ2n) is 6.72. The van der Waals surface area contributed by atoms with Crippen molar-refractivity contribution in [1.29, 1.82) is 0 Å². The second kappa shape index (κ2) is 7.90. The minimum Gasteiger partial charge on any atom is -0.311 e. The Kier molecular flexibility index (Phi) is 6.18. The Morgan fingerprint density at radius 2 is 2.14 bits per heavy atom. The molecular formula is C16H31N5. The van der Waals surface area contributed by atoms with Gasteiger partial charge in [-0.1, -0.05) is 26.0 Å². The van der Waals surface area contributed by atoms with Crippen LogP contribution in [0.1, 0.15) is 52.7 Å². The van der Waals surface area contributed by atoms with E-state index in [1.54, 1.807) is 0 Å². The first-order chi connectivity index (χ1) is 10.1. The fourth-order valence-corrected chi connectivity index (χ4v) is 3.20. The van der Waals surface area contributed by atoms with Gasteiger partial charge in [0.2, 0.25) is 0 Å². The van der Waals surface area contributed by atoms with Crippen LogP contribution >= 0.6 is 0 Å². The molecule has 0 bridgehead atoms. The Balaban J connectivity index is 1.77. The summed E-state index contributed by atoms with van der Waals surface area (Å²) in [6, 6.07) is 1.47. The summed E-state index contributed by atoms with van der Waals surface area (Å²) in [5, 5.41) is 11.9. The highest BCUT2D eigenvalue weighted by Crippen LogP contribution is 2.25. The number of hydrogen-bond acceptors (Lipinski definition) is 4. The summed E-state index contributed by atoms with van der Waals surface area (Å²) in [6.07, 6.45) is 6.01. The molecular weight excluding hydrogens is 262 g/mol. The Hall–Kier alpha value is -0.940. The Morgan fingerprint density at radius 1 is 1.33 bits per heavy atom. The largest absolute Gasteiger partial charge is 0.311 e. The van der Waals surface area contributed by atoms with E-state index in [0.29, 0.717) is 12.0 Å². The van der Waals surface area contributed by atoms with Gasteiger partial charge in [0, 0.05) is 31.4 Å². The molecule has 2 unspecified atom stereocenters. The maximum atomic E-state index is 4.25. The van der Waals surface area contributed by atoms with Crippen LogP contribution in [-0.4, -0.2) is 45.1 Å². The van der Waals surface area contributed by atoms with Crippen LogP contribution in [0.25, 0.3) is 0 Å². The Morgan fingerprint density at radius 3 is 2.86 bits per heavy atom. The Labute approximate surface area is 129 Å². The summed E-state index contributed by atoms with van der Waals surface area (Å²) in [5.41, 5.74) is 1.04. The molecule has 2 atom stereocenters. The molecule has 2 heterocycles. The summed E-state index contributed by atoms with van der Waals surface area (Å²) in [6.45, 7) is 12.9. The minimum absolute atomic E-state index is 0.669. The van der Waals surface area contributed by atoms with E-state index >= 15 is 0 Å². The van der Waals surface area contributed by atoms with Gasteiger partial charge in [0.25, 0.3) is 0 Å². The first kappa shape index (κ1) is 16.4. The van der Waals surface area contributed by atoms with Gasteiger partial charge in [-0.2, -0.15) is 0 Å². The molecule has 1 N–H and O–H groups in total. The van der Waals surface area contributed by atoms with Crippen molar-refractivity contribution in [2.24, 2.45) is 5.92 Å². The van der Waals surface area contributed by atoms with Gasteiger partial charge in [0.15, 0.2) is 0 Å². The Bertz CT molecular complexity index is 415. The molecule has 0 radical (unpaired) electrons. The monoisotopic (exact) mass is 293 g/mol. The van der Waals surface area contributed by atoms with E-state index in [1.807, 2.05) is 4.68 Å². The van der Waals surface area contributed by atoms with Gasteiger partial charge < -0.3 is 5.32 Å². The van der Waals surface area contributed by atoms with Gasteiger partial charge in [0.05, 0.1) is 12.2 Å². The molecule has 0 spiro atoms. The van der Waals surface area contributed by atoms with Crippen molar-refractivity contribution in [1.82, 2.24) is 25.2 Å². The van der Waals surface area contributed by atoms with Gasteiger partial charge in [-0.3, -0.25) is 9.58 Å². The van der Waals surface area contributed by atoms with Crippen LogP contribution < -0.4 is 5.32 Å². The van der Waals surface area contributed by atoms with Crippen molar-refractivity contribution in [3.63, 3.8) is 0 Å². The van der Waals surface area contributed by atoms with Gasteiger partial charge in [0.1, 0.15) is 0 Å². The minimum atomic E-state index is 0.669. The third-order valence-corrected chi connectivity index (χ3v) is 4.46. The van der Waals surface area contributed by atoms with E-state index < -0.39 is 0 Å². The number of nitrogens with zero attached hydrogens (tertiary/aromatic N) is 4. The molecule has 5 nitrogen and oxygen atoms in total. The van der Waals surface area contributed by atoms with E-state index in [4.69, 9.17) is 0 Å². The SMILES string of the molecule is CCC1CCC(C)N1CCn1cc(CNCC(C)C)nn1. The standard InChI is InChI=1S/C16H31N5/c1-5-16-7-6-14(4)21(16)9-8-20-12-15(18-19-20)11-17-10-13(2)3/h12-14,16-17H,5-11H2,1-4H3. The fourth-order valence-electron chi connectivity index (χ4n) is 3.20. The van der Waals surface area contributed by atoms with Crippen molar-refractivity contribution < 1.29 is 0 Å². The molecule has 1 aliphatic heterocycles. The molecule has 1 saturated heterocycles. The number of hydrogen-bond donors (Lipinski definition) is 1. The zero-order valence-corrected chi connectivity index (χ0v) is 14.0. The molecule has 0 saturated carbocycles. The molecule has 120 valence electrons. The summed E-state index contributed by atoms with van der Waals surface area (Å²) in [7, 11) is 0. The van der Waals surface area contributed by atoms with Crippen molar-refractivity contribution in [2.45, 2.75) is 72.1 Å². The summed E-state index contributed by atoms with van der Waals surface area (Å²) in [4.78, 5) is 2.64. The molecule has 1 aromatic heterocycles. The van der Waals surface area contributed by atoms with E-state index in [1.165, 1.54) is 19.3 Å². The molecule has 1 fully saturated rings. The molecule has 1 aliphatic rings. The van der Waals surface area contributed by atoms with Crippen molar-refractivity contribution >= 4 is 0 Å². The summed E-state index contributed by atoms with van der Waals surface area (Å²) in [5.74, 6) is 0.669. The average Bonchev–Trinajstić information content (AvgIpc) is 3.03. The second-order valence-corrected chi connectivity index (χ2v) is 6.72. The molecule has 2 rings (SSSR count). The number of nitrogens with one attached hydrogen (secondary N) is 1. The first-order valence-corrected chi connectivity index (χ1v) is 8.45. The van der Waals surface area contributed by atoms with Crippen molar-refractivity contribution in [2.75, 3.05) is 13.1 Å². The van der Waals surface area contributed by atoms with Gasteiger partial charge in [-0.05, 0) is 38.6 Å². The molecule has 5 heteroatoms. The topological polar surface area (TPSA) is 46.0 Å². The van der Waals surface area contributed by atoms with E-state index in [-0.39, 0.29) is 0 Å². The predicted octanol–water partition coefficient (Wildman–Crippen LogP) is 2.29. The quantitative estimate of drug-likeness (QED) is 0.799. The van der Waals surface area contributed by atoms with Crippen LogP contribution in [0.2, 0.25) is 0 Å². The molecule has 0 amide bonds. The lowest BCUT2D eigenvalue weighted by Gasteiger charge is -2.27. The maximum Gasteiger partial charge on any atom is 0.0964 e. The molecule has 0 aliphatic carbocycles. The van der Waals surface area contributed by atoms with Crippen LogP contribution in [0.4, 0.5) is 0 Å². The third-order valence-electron chi connectivity index (χ3n) is 4.46. The lowest BCUT2D eigenvalue weighted by atomic mass is 10.1. The van der Waals surface area contributed by atoms with Crippen molar-refractivity contribution in [3.8, 4) is 0 Å². The lowest BCUT2D eigenvalue weighted by molar-refractivity contribution is 0.188. The predicted molar refractivity (Wildman–Crippen MR) is 86.0 cm³/mol. The maximum absolute atomic E-state index is 4.25. The van der Waals surface area contributed by atoms with Crippen LogP contribution in [0.15, 0.2) is 6.20 Å². The van der Waals surface area contributed by atoms with Crippen LogP contribution in [0.5, 0.6) is 0 Å². The van der Waals surface area contributed by atoms with Crippen molar-refractivity contribution in [3.05, 3.63) is 11.9 Å². The molecule has 0 aromatic carbocycles. The third kappa shape index (κ3) is 4.78. The first-order valence-electron chi connectivity index (χ1n) is 8.45. The summed E-state index contributed by atoms with van der Waals surface area (Å²) < 4.78 is 1.99. The number of rotatable bonds is 8. The molecule has 1 aromatic rings. The van der Waals surface area contributed by atoms with E-state index in [2.05, 4.69) is 54.4 Å². The molecule has 21 heavy (non-hydrogen) atoms. The summed E-state index contributed by atoms with van der Waals surface area (Å²) >= 11 is 0. The van der Waals surface area contributed by atoms with Crippen LogP contribution in [0, 0.1) is 5.92 Å². The highest BCUT2D eigenvalue weighted by molar-refractivity contribution is 4.92. The zero-order valence-electron chi connectivity index (χ0n) is 14.0. The zero-order chi connectivity index (χ0) is 15.2. The highest BCUT2D eigenvalue weighted by atomic mass is 15.4. The number of likely N-dealkylation sites (tertiary alicyclic amines) is 1. The smallest absolute Gasteiger partial charge is 0.0964 e. The average molecular weight is 293 g/mol. The van der Waals surface area contributed by atoms with Crippen LogP contribution in [-0.2, 0) is 13.1 Å². The van der Waals surface area contributed by atoms with Gasteiger partial charge in [-0.15, -0.1) is 5.10 Å². The number of aromatic nitrogens is 3. The fraction of sp³-hybridized carbons (Fsp3) is 0.875. The van der Waals surface area contributed by atoms with E-state index in [0.717, 1.165) is 37.9 Å².